The van der Waals surface area contributed by atoms with Crippen molar-refractivity contribution < 1.29 is 4.74 Å². The first-order valence-electron chi connectivity index (χ1n) is 5.12. The molecule has 0 aromatic heterocycles. The molecular formula is C12H19NO. The lowest BCUT2D eigenvalue weighted by molar-refractivity contribution is 0.285. The monoisotopic (exact) mass is 193 g/mol. The largest absolute Gasteiger partial charge is 0.494 e. The summed E-state index contributed by atoms with van der Waals surface area (Å²) in [6.45, 7) is 5.69. The van der Waals surface area contributed by atoms with Gasteiger partial charge in [-0.15, -0.1) is 0 Å². The van der Waals surface area contributed by atoms with Crippen molar-refractivity contribution in [2.45, 2.75) is 20.3 Å². The van der Waals surface area contributed by atoms with Gasteiger partial charge in [0.2, 0.25) is 0 Å². The molecule has 1 aromatic carbocycles. The topological polar surface area (TPSA) is 35.2 Å². The van der Waals surface area contributed by atoms with Gasteiger partial charge in [-0.05, 0) is 43.5 Å². The summed E-state index contributed by atoms with van der Waals surface area (Å²) in [6, 6.07) is 8.11. The highest BCUT2D eigenvalue weighted by Crippen LogP contribution is 2.13. The number of nitrogens with two attached hydrogens (primary N) is 1. The van der Waals surface area contributed by atoms with Crippen molar-refractivity contribution >= 4 is 0 Å². The molecule has 14 heavy (non-hydrogen) atoms. The maximum atomic E-state index is 5.60. The van der Waals surface area contributed by atoms with Gasteiger partial charge >= 0.3 is 0 Å². The van der Waals surface area contributed by atoms with Crippen molar-refractivity contribution in [2.24, 2.45) is 11.7 Å². The highest BCUT2D eigenvalue weighted by molar-refractivity contribution is 5.27. The van der Waals surface area contributed by atoms with Crippen LogP contribution in [-0.2, 0) is 0 Å². The summed E-state index contributed by atoms with van der Waals surface area (Å²) in [7, 11) is 0. The van der Waals surface area contributed by atoms with Gasteiger partial charge in [-0.25, -0.2) is 0 Å². The molecule has 0 aliphatic carbocycles. The molecule has 0 bridgehead atoms. The lowest BCUT2D eigenvalue weighted by Crippen LogP contribution is -2.13. The molecule has 2 nitrogen and oxygen atoms in total. The molecule has 0 aliphatic rings. The third-order valence-electron chi connectivity index (χ3n) is 2.27. The summed E-state index contributed by atoms with van der Waals surface area (Å²) in [6.07, 6.45) is 1.02. The summed E-state index contributed by atoms with van der Waals surface area (Å²) in [5, 5.41) is 0. The molecule has 0 spiro atoms. The van der Waals surface area contributed by atoms with Crippen LogP contribution in [0.1, 0.15) is 18.9 Å². The van der Waals surface area contributed by atoms with Crippen LogP contribution in [0.3, 0.4) is 0 Å². The van der Waals surface area contributed by atoms with Crippen LogP contribution in [0.2, 0.25) is 0 Å². The predicted molar refractivity (Wildman–Crippen MR) is 59.5 cm³/mol. The zero-order valence-corrected chi connectivity index (χ0v) is 8.99. The molecule has 2 N–H and O–H groups in total. The molecule has 0 amide bonds. The Bertz CT molecular complexity index is 273. The molecule has 78 valence electrons. The van der Waals surface area contributed by atoms with Gasteiger partial charge in [0, 0.05) is 0 Å². The van der Waals surface area contributed by atoms with Gasteiger partial charge in [0.05, 0.1) is 6.61 Å². The van der Waals surface area contributed by atoms with Crippen molar-refractivity contribution in [3.63, 3.8) is 0 Å². The van der Waals surface area contributed by atoms with Crippen molar-refractivity contribution in [3.05, 3.63) is 29.8 Å². The van der Waals surface area contributed by atoms with E-state index in [9.17, 15) is 0 Å². The lowest BCUT2D eigenvalue weighted by Gasteiger charge is -2.10. The van der Waals surface area contributed by atoms with E-state index < -0.39 is 0 Å². The Morgan fingerprint density at radius 2 is 2.21 bits per heavy atom. The first-order chi connectivity index (χ1) is 6.72. The van der Waals surface area contributed by atoms with Gasteiger partial charge in [0.25, 0.3) is 0 Å². The van der Waals surface area contributed by atoms with Gasteiger partial charge in [0.15, 0.2) is 0 Å². The minimum absolute atomic E-state index is 0.541. The summed E-state index contributed by atoms with van der Waals surface area (Å²) in [4.78, 5) is 0. The Morgan fingerprint density at radius 3 is 2.86 bits per heavy atom. The van der Waals surface area contributed by atoms with Crippen molar-refractivity contribution in [1.29, 1.82) is 0 Å². The van der Waals surface area contributed by atoms with Gasteiger partial charge in [-0.1, -0.05) is 19.1 Å². The van der Waals surface area contributed by atoms with Crippen LogP contribution < -0.4 is 10.5 Å². The molecular weight excluding hydrogens is 174 g/mol. The molecule has 1 unspecified atom stereocenters. The summed E-state index contributed by atoms with van der Waals surface area (Å²) in [5.74, 6) is 1.49. The molecule has 0 aliphatic heterocycles. The van der Waals surface area contributed by atoms with Crippen molar-refractivity contribution in [1.82, 2.24) is 0 Å². The van der Waals surface area contributed by atoms with Crippen LogP contribution in [0, 0.1) is 12.8 Å². The lowest BCUT2D eigenvalue weighted by atomic mass is 10.1. The number of hydrogen-bond donors (Lipinski definition) is 1. The van der Waals surface area contributed by atoms with Crippen LogP contribution in [-0.4, -0.2) is 13.2 Å². The first kappa shape index (κ1) is 11.1. The fraction of sp³-hybridized carbons (Fsp3) is 0.500. The summed E-state index contributed by atoms with van der Waals surface area (Å²) < 4.78 is 5.60. The van der Waals surface area contributed by atoms with E-state index in [1.54, 1.807) is 0 Å². The number of rotatable bonds is 5. The second-order valence-electron chi connectivity index (χ2n) is 3.79. The second-order valence-corrected chi connectivity index (χ2v) is 3.79. The molecule has 1 atom stereocenters. The molecule has 0 saturated heterocycles. The van der Waals surface area contributed by atoms with E-state index in [1.165, 1.54) is 5.56 Å². The summed E-state index contributed by atoms with van der Waals surface area (Å²) >= 11 is 0. The maximum Gasteiger partial charge on any atom is 0.119 e. The van der Waals surface area contributed by atoms with E-state index in [4.69, 9.17) is 10.5 Å². The van der Waals surface area contributed by atoms with E-state index in [2.05, 4.69) is 19.9 Å². The zero-order chi connectivity index (χ0) is 10.4. The molecule has 0 radical (unpaired) electrons. The minimum Gasteiger partial charge on any atom is -0.494 e. The minimum atomic E-state index is 0.541. The quantitative estimate of drug-likeness (QED) is 0.779. The first-order valence-corrected chi connectivity index (χ1v) is 5.12. The SMILES string of the molecule is Cc1cccc(OCCC(C)CN)c1. The van der Waals surface area contributed by atoms with Gasteiger partial charge in [-0.3, -0.25) is 0 Å². The van der Waals surface area contributed by atoms with E-state index in [1.807, 2.05) is 18.2 Å². The second kappa shape index (κ2) is 5.66. The molecule has 0 heterocycles. The van der Waals surface area contributed by atoms with Crippen LogP contribution in [0.25, 0.3) is 0 Å². The molecule has 2 heteroatoms. The Balaban J connectivity index is 2.31. The third kappa shape index (κ3) is 3.79. The third-order valence-corrected chi connectivity index (χ3v) is 2.27. The van der Waals surface area contributed by atoms with Crippen LogP contribution >= 0.6 is 0 Å². The number of hydrogen-bond acceptors (Lipinski definition) is 2. The Kier molecular flexibility index (Phi) is 4.47. The Hall–Kier alpha value is -1.02. The van der Waals surface area contributed by atoms with E-state index in [0.717, 1.165) is 25.3 Å². The predicted octanol–water partition coefficient (Wildman–Crippen LogP) is 2.36. The van der Waals surface area contributed by atoms with Gasteiger partial charge in [0.1, 0.15) is 5.75 Å². The van der Waals surface area contributed by atoms with E-state index in [-0.39, 0.29) is 0 Å². The number of benzene rings is 1. The fourth-order valence-corrected chi connectivity index (χ4v) is 1.20. The Morgan fingerprint density at radius 1 is 1.43 bits per heavy atom. The molecule has 0 saturated carbocycles. The molecule has 1 aromatic rings. The highest BCUT2D eigenvalue weighted by Gasteiger charge is 1.99. The highest BCUT2D eigenvalue weighted by atomic mass is 16.5. The molecule has 0 fully saturated rings. The molecule has 1 rings (SSSR count). The zero-order valence-electron chi connectivity index (χ0n) is 8.99. The van der Waals surface area contributed by atoms with Gasteiger partial charge in [-0.2, -0.15) is 0 Å². The smallest absolute Gasteiger partial charge is 0.119 e. The van der Waals surface area contributed by atoms with Crippen molar-refractivity contribution in [3.8, 4) is 5.75 Å². The standard InChI is InChI=1S/C12H19NO/c1-10-4-3-5-12(8-10)14-7-6-11(2)9-13/h3-5,8,11H,6-7,9,13H2,1-2H3. The fourth-order valence-electron chi connectivity index (χ4n) is 1.20. The maximum absolute atomic E-state index is 5.60. The van der Waals surface area contributed by atoms with Crippen LogP contribution in [0.4, 0.5) is 0 Å². The van der Waals surface area contributed by atoms with Crippen LogP contribution in [0.15, 0.2) is 24.3 Å². The van der Waals surface area contributed by atoms with Gasteiger partial charge < -0.3 is 10.5 Å². The number of aryl methyl sites for hydroxylation is 1. The van der Waals surface area contributed by atoms with Crippen LogP contribution in [0.5, 0.6) is 5.75 Å². The van der Waals surface area contributed by atoms with E-state index >= 15 is 0 Å². The summed E-state index contributed by atoms with van der Waals surface area (Å²) in [5.41, 5.74) is 6.75. The van der Waals surface area contributed by atoms with E-state index in [0.29, 0.717) is 5.92 Å². The average Bonchev–Trinajstić information content (AvgIpc) is 2.17. The number of ether oxygens (including phenoxy) is 1. The van der Waals surface area contributed by atoms with Crippen molar-refractivity contribution in [2.75, 3.05) is 13.2 Å². The average molecular weight is 193 g/mol. The Labute approximate surface area is 86.1 Å². The normalized spacial score (nSPS) is 12.5.